The molecule has 1 aliphatic heterocycles. The quantitative estimate of drug-likeness (QED) is 0.863. The Morgan fingerprint density at radius 3 is 2.84 bits per heavy atom. The van der Waals surface area contributed by atoms with E-state index >= 15 is 0 Å². The maximum Gasteiger partial charge on any atom is 0.180 e. The Hall–Kier alpha value is -1.76. The Labute approximate surface area is 112 Å². The predicted octanol–water partition coefficient (Wildman–Crippen LogP) is 0.416. The van der Waals surface area contributed by atoms with Crippen LogP contribution in [0.3, 0.4) is 0 Å². The molecule has 0 amide bonds. The van der Waals surface area contributed by atoms with E-state index < -0.39 is 0 Å². The summed E-state index contributed by atoms with van der Waals surface area (Å²) in [5.41, 5.74) is 0.789. The molecule has 0 spiro atoms. The van der Waals surface area contributed by atoms with E-state index in [4.69, 9.17) is 0 Å². The maximum atomic E-state index is 4.56. The SMILES string of the molecule is CC(C)Cc1nc(-c2cn(C3CNC3)nn2)n(C)n1. The second-order valence-electron chi connectivity index (χ2n) is 5.47. The van der Waals surface area contributed by atoms with Crippen molar-refractivity contribution in [1.29, 1.82) is 0 Å². The van der Waals surface area contributed by atoms with Crippen LogP contribution in [0.25, 0.3) is 11.5 Å². The third-order valence-electron chi connectivity index (χ3n) is 3.27. The summed E-state index contributed by atoms with van der Waals surface area (Å²) >= 11 is 0. The molecule has 2 aromatic rings. The third-order valence-corrected chi connectivity index (χ3v) is 3.27. The molecule has 0 aliphatic carbocycles. The topological polar surface area (TPSA) is 73.5 Å². The van der Waals surface area contributed by atoms with Crippen molar-refractivity contribution in [3.63, 3.8) is 0 Å². The van der Waals surface area contributed by atoms with Crippen LogP contribution in [0, 0.1) is 5.92 Å². The van der Waals surface area contributed by atoms with Gasteiger partial charge in [0.15, 0.2) is 11.6 Å². The second-order valence-corrected chi connectivity index (χ2v) is 5.47. The van der Waals surface area contributed by atoms with Gasteiger partial charge in [-0.2, -0.15) is 5.10 Å². The molecule has 1 aliphatic rings. The number of hydrogen-bond donors (Lipinski definition) is 1. The molecule has 0 saturated carbocycles. The molecule has 1 N–H and O–H groups in total. The predicted molar refractivity (Wildman–Crippen MR) is 70.5 cm³/mol. The minimum Gasteiger partial charge on any atom is -0.312 e. The van der Waals surface area contributed by atoms with Gasteiger partial charge in [0.05, 0.1) is 12.2 Å². The van der Waals surface area contributed by atoms with Crippen molar-refractivity contribution in [2.75, 3.05) is 13.1 Å². The van der Waals surface area contributed by atoms with Crippen molar-refractivity contribution < 1.29 is 0 Å². The van der Waals surface area contributed by atoms with Crippen LogP contribution in [0.4, 0.5) is 0 Å². The number of hydrogen-bond acceptors (Lipinski definition) is 5. The zero-order valence-electron chi connectivity index (χ0n) is 11.5. The van der Waals surface area contributed by atoms with E-state index in [1.165, 1.54) is 0 Å². The van der Waals surface area contributed by atoms with Gasteiger partial charge < -0.3 is 5.32 Å². The molecule has 7 heteroatoms. The van der Waals surface area contributed by atoms with Gasteiger partial charge in [-0.1, -0.05) is 19.1 Å². The number of aryl methyl sites for hydroxylation is 1. The van der Waals surface area contributed by atoms with Crippen LogP contribution >= 0.6 is 0 Å². The molecule has 1 saturated heterocycles. The van der Waals surface area contributed by atoms with E-state index in [2.05, 4.69) is 39.6 Å². The smallest absolute Gasteiger partial charge is 0.180 e. The van der Waals surface area contributed by atoms with Gasteiger partial charge in [-0.15, -0.1) is 5.10 Å². The van der Waals surface area contributed by atoms with Gasteiger partial charge in [0.1, 0.15) is 5.69 Å². The van der Waals surface area contributed by atoms with Gasteiger partial charge in [-0.05, 0) is 5.92 Å². The summed E-state index contributed by atoms with van der Waals surface area (Å²) in [5, 5.41) is 16.0. The van der Waals surface area contributed by atoms with Crippen LogP contribution < -0.4 is 5.32 Å². The maximum absolute atomic E-state index is 4.56. The summed E-state index contributed by atoms with van der Waals surface area (Å²) in [7, 11) is 1.90. The molecule has 3 rings (SSSR count). The van der Waals surface area contributed by atoms with Crippen molar-refractivity contribution in [2.24, 2.45) is 13.0 Å². The number of aromatic nitrogens is 6. The fourth-order valence-electron chi connectivity index (χ4n) is 2.13. The Morgan fingerprint density at radius 2 is 2.21 bits per heavy atom. The lowest BCUT2D eigenvalue weighted by Crippen LogP contribution is -2.43. The van der Waals surface area contributed by atoms with Gasteiger partial charge >= 0.3 is 0 Å². The molecule has 0 radical (unpaired) electrons. The molecule has 102 valence electrons. The summed E-state index contributed by atoms with van der Waals surface area (Å²) in [5.74, 6) is 2.20. The first-order chi connectivity index (χ1) is 9.13. The van der Waals surface area contributed by atoms with Gasteiger partial charge in [-0.3, -0.25) is 0 Å². The molecular formula is C12H19N7. The van der Waals surface area contributed by atoms with E-state index in [1.807, 2.05) is 17.9 Å². The first kappa shape index (κ1) is 12.3. The van der Waals surface area contributed by atoms with Crippen LogP contribution in [-0.4, -0.2) is 42.8 Å². The van der Waals surface area contributed by atoms with Crippen molar-refractivity contribution in [3.05, 3.63) is 12.0 Å². The first-order valence-corrected chi connectivity index (χ1v) is 6.66. The van der Waals surface area contributed by atoms with Crippen LogP contribution in [0.15, 0.2) is 6.20 Å². The van der Waals surface area contributed by atoms with Crippen LogP contribution in [0.2, 0.25) is 0 Å². The lowest BCUT2D eigenvalue weighted by atomic mass is 10.1. The Morgan fingerprint density at radius 1 is 1.42 bits per heavy atom. The monoisotopic (exact) mass is 261 g/mol. The highest BCUT2D eigenvalue weighted by molar-refractivity contribution is 5.46. The van der Waals surface area contributed by atoms with Crippen molar-refractivity contribution in [1.82, 2.24) is 35.1 Å². The first-order valence-electron chi connectivity index (χ1n) is 6.66. The van der Waals surface area contributed by atoms with E-state index in [1.54, 1.807) is 4.68 Å². The molecule has 1 fully saturated rings. The van der Waals surface area contributed by atoms with Gasteiger partial charge in [0.2, 0.25) is 0 Å². The summed E-state index contributed by atoms with van der Waals surface area (Å²) in [6, 6.07) is 0.421. The summed E-state index contributed by atoms with van der Waals surface area (Å²) in [6.45, 7) is 6.24. The zero-order valence-corrected chi connectivity index (χ0v) is 11.5. The Bertz CT molecular complexity index is 564. The van der Waals surface area contributed by atoms with E-state index in [0.717, 1.165) is 36.9 Å². The molecule has 19 heavy (non-hydrogen) atoms. The van der Waals surface area contributed by atoms with Gasteiger partial charge in [-0.25, -0.2) is 14.3 Å². The molecule has 7 nitrogen and oxygen atoms in total. The van der Waals surface area contributed by atoms with E-state index in [0.29, 0.717) is 12.0 Å². The fourth-order valence-corrected chi connectivity index (χ4v) is 2.13. The Kier molecular flexibility index (Phi) is 3.06. The molecule has 0 atom stereocenters. The standard InChI is InChI=1S/C12H19N7/c1-8(2)4-11-14-12(18(3)16-11)10-7-19(17-15-10)9-5-13-6-9/h7-9,13H,4-6H2,1-3H3. The molecule has 3 heterocycles. The zero-order chi connectivity index (χ0) is 13.4. The number of nitrogens with zero attached hydrogens (tertiary/aromatic N) is 6. The van der Waals surface area contributed by atoms with Crippen LogP contribution in [0.1, 0.15) is 25.7 Å². The molecular weight excluding hydrogens is 242 g/mol. The fraction of sp³-hybridized carbons (Fsp3) is 0.667. The van der Waals surface area contributed by atoms with Crippen LogP contribution in [0.5, 0.6) is 0 Å². The second kappa shape index (κ2) is 4.73. The Balaban J connectivity index is 1.84. The summed E-state index contributed by atoms with van der Waals surface area (Å²) < 4.78 is 3.69. The van der Waals surface area contributed by atoms with Crippen molar-refractivity contribution in [2.45, 2.75) is 26.3 Å². The summed E-state index contributed by atoms with van der Waals surface area (Å²) in [6.07, 6.45) is 2.84. The van der Waals surface area contributed by atoms with Crippen LogP contribution in [-0.2, 0) is 13.5 Å². The average Bonchev–Trinajstić information content (AvgIpc) is 2.82. The molecule has 0 aromatic carbocycles. The largest absolute Gasteiger partial charge is 0.312 e. The molecule has 2 aromatic heterocycles. The van der Waals surface area contributed by atoms with E-state index in [9.17, 15) is 0 Å². The minimum absolute atomic E-state index is 0.421. The van der Waals surface area contributed by atoms with Crippen molar-refractivity contribution >= 4 is 0 Å². The van der Waals surface area contributed by atoms with Gasteiger partial charge in [0.25, 0.3) is 0 Å². The molecule has 0 bridgehead atoms. The van der Waals surface area contributed by atoms with Crippen molar-refractivity contribution in [3.8, 4) is 11.5 Å². The highest BCUT2D eigenvalue weighted by Crippen LogP contribution is 2.17. The minimum atomic E-state index is 0.421. The normalized spacial score (nSPS) is 16.0. The van der Waals surface area contributed by atoms with E-state index in [-0.39, 0.29) is 0 Å². The lowest BCUT2D eigenvalue weighted by Gasteiger charge is -2.26. The van der Waals surface area contributed by atoms with Gasteiger partial charge in [0, 0.05) is 26.6 Å². The lowest BCUT2D eigenvalue weighted by molar-refractivity contribution is 0.313. The molecule has 0 unspecified atom stereocenters. The third kappa shape index (κ3) is 2.37. The highest BCUT2D eigenvalue weighted by Gasteiger charge is 2.21. The number of rotatable bonds is 4. The number of nitrogens with one attached hydrogen (secondary N) is 1. The average molecular weight is 261 g/mol. The summed E-state index contributed by atoms with van der Waals surface area (Å²) in [4.78, 5) is 4.56. The highest BCUT2D eigenvalue weighted by atomic mass is 15.5.